The first-order valence-electron chi connectivity index (χ1n) is 6.41. The Hall–Kier alpha value is -0.610. The zero-order valence-corrected chi connectivity index (χ0v) is 10.5. The second kappa shape index (κ2) is 6.86. The maximum absolute atomic E-state index is 11.7. The van der Waals surface area contributed by atoms with Crippen LogP contribution in [0.5, 0.6) is 0 Å². The molecule has 1 aliphatic rings. The van der Waals surface area contributed by atoms with E-state index in [4.69, 9.17) is 5.73 Å². The van der Waals surface area contributed by atoms with Crippen molar-refractivity contribution < 1.29 is 4.79 Å². The molecule has 3 N–H and O–H groups in total. The van der Waals surface area contributed by atoms with Gasteiger partial charge in [-0.2, -0.15) is 0 Å². The molecule has 4 heteroatoms. The standard InChI is InChI=1S/C12H25N3O/c1-3-6-11(13)12(16)14-10(2)9-15-7-4-5-8-15/h10-11H,3-9,13H2,1-2H3,(H,14,16)/t10?,11-/m1/s1. The molecule has 0 bridgehead atoms. The number of nitrogens with zero attached hydrogens (tertiary/aromatic N) is 1. The summed E-state index contributed by atoms with van der Waals surface area (Å²) in [6.07, 6.45) is 4.30. The number of likely N-dealkylation sites (tertiary alicyclic amines) is 1. The summed E-state index contributed by atoms with van der Waals surface area (Å²) in [4.78, 5) is 14.1. The molecule has 1 saturated heterocycles. The SMILES string of the molecule is CCC[C@@H](N)C(=O)NC(C)CN1CCCC1. The smallest absolute Gasteiger partial charge is 0.237 e. The maximum Gasteiger partial charge on any atom is 0.237 e. The van der Waals surface area contributed by atoms with Crippen LogP contribution in [-0.2, 0) is 4.79 Å². The Kier molecular flexibility index (Phi) is 5.77. The van der Waals surface area contributed by atoms with Crippen LogP contribution in [0.15, 0.2) is 0 Å². The summed E-state index contributed by atoms with van der Waals surface area (Å²) in [7, 11) is 0. The van der Waals surface area contributed by atoms with Crippen LogP contribution in [0.2, 0.25) is 0 Å². The first-order chi connectivity index (χ1) is 7.63. The van der Waals surface area contributed by atoms with E-state index in [0.29, 0.717) is 0 Å². The molecule has 1 aliphatic heterocycles. The van der Waals surface area contributed by atoms with Gasteiger partial charge in [0.25, 0.3) is 0 Å². The third kappa shape index (κ3) is 4.49. The van der Waals surface area contributed by atoms with Crippen molar-refractivity contribution in [3.8, 4) is 0 Å². The van der Waals surface area contributed by atoms with Gasteiger partial charge in [-0.25, -0.2) is 0 Å². The number of rotatable bonds is 6. The highest BCUT2D eigenvalue weighted by molar-refractivity contribution is 5.81. The van der Waals surface area contributed by atoms with Crippen molar-refractivity contribution in [1.82, 2.24) is 10.2 Å². The molecule has 0 aliphatic carbocycles. The van der Waals surface area contributed by atoms with E-state index in [0.717, 1.165) is 19.4 Å². The lowest BCUT2D eigenvalue weighted by Gasteiger charge is -2.22. The van der Waals surface area contributed by atoms with Crippen molar-refractivity contribution in [2.45, 2.75) is 51.6 Å². The topological polar surface area (TPSA) is 58.4 Å². The van der Waals surface area contributed by atoms with E-state index < -0.39 is 0 Å². The molecule has 94 valence electrons. The zero-order valence-electron chi connectivity index (χ0n) is 10.5. The molecule has 1 unspecified atom stereocenters. The summed E-state index contributed by atoms with van der Waals surface area (Å²) >= 11 is 0. The second-order valence-corrected chi connectivity index (χ2v) is 4.81. The van der Waals surface area contributed by atoms with Gasteiger partial charge in [-0.3, -0.25) is 4.79 Å². The van der Waals surface area contributed by atoms with Gasteiger partial charge in [0.15, 0.2) is 0 Å². The number of hydrogen-bond donors (Lipinski definition) is 2. The molecule has 16 heavy (non-hydrogen) atoms. The van der Waals surface area contributed by atoms with Crippen LogP contribution in [0, 0.1) is 0 Å². The largest absolute Gasteiger partial charge is 0.351 e. The van der Waals surface area contributed by atoms with Crippen LogP contribution < -0.4 is 11.1 Å². The van der Waals surface area contributed by atoms with Gasteiger partial charge in [-0.15, -0.1) is 0 Å². The lowest BCUT2D eigenvalue weighted by Crippen LogP contribution is -2.47. The van der Waals surface area contributed by atoms with E-state index in [9.17, 15) is 4.79 Å². The van der Waals surface area contributed by atoms with Gasteiger partial charge >= 0.3 is 0 Å². The normalized spacial score (nSPS) is 20.7. The Bertz CT molecular complexity index is 214. The van der Waals surface area contributed by atoms with Crippen molar-refractivity contribution in [3.05, 3.63) is 0 Å². The average molecular weight is 227 g/mol. The molecular weight excluding hydrogens is 202 g/mol. The maximum atomic E-state index is 11.7. The Morgan fingerprint density at radius 3 is 2.62 bits per heavy atom. The summed E-state index contributed by atoms with van der Waals surface area (Å²) in [6, 6.07) is -0.139. The molecule has 0 radical (unpaired) electrons. The Balaban J connectivity index is 2.21. The number of nitrogens with two attached hydrogens (primary N) is 1. The highest BCUT2D eigenvalue weighted by atomic mass is 16.2. The average Bonchev–Trinajstić information content (AvgIpc) is 2.70. The fourth-order valence-corrected chi connectivity index (χ4v) is 2.19. The van der Waals surface area contributed by atoms with Crippen LogP contribution in [0.1, 0.15) is 39.5 Å². The molecule has 1 rings (SSSR count). The number of carbonyl (C=O) groups is 1. The van der Waals surface area contributed by atoms with Crippen LogP contribution in [0.4, 0.5) is 0 Å². The molecule has 0 saturated carbocycles. The van der Waals surface area contributed by atoms with Crippen LogP contribution in [0.3, 0.4) is 0 Å². The van der Waals surface area contributed by atoms with Crippen LogP contribution >= 0.6 is 0 Å². The lowest BCUT2D eigenvalue weighted by molar-refractivity contribution is -0.123. The van der Waals surface area contributed by atoms with Gasteiger partial charge in [0.1, 0.15) is 0 Å². The first kappa shape index (κ1) is 13.5. The molecular formula is C12H25N3O. The third-order valence-electron chi connectivity index (χ3n) is 3.06. The molecule has 4 nitrogen and oxygen atoms in total. The predicted octanol–water partition coefficient (Wildman–Crippen LogP) is 0.714. The van der Waals surface area contributed by atoms with E-state index in [2.05, 4.69) is 17.1 Å². The van der Waals surface area contributed by atoms with E-state index in [1.165, 1.54) is 25.9 Å². The summed E-state index contributed by atoms with van der Waals surface area (Å²) in [5, 5.41) is 2.99. The van der Waals surface area contributed by atoms with Crippen molar-refractivity contribution >= 4 is 5.91 Å². The van der Waals surface area contributed by atoms with Gasteiger partial charge in [-0.1, -0.05) is 13.3 Å². The summed E-state index contributed by atoms with van der Waals surface area (Å²) < 4.78 is 0. The summed E-state index contributed by atoms with van der Waals surface area (Å²) in [6.45, 7) is 7.38. The minimum absolute atomic E-state index is 0.00598. The van der Waals surface area contributed by atoms with E-state index in [1.807, 2.05) is 6.92 Å². The van der Waals surface area contributed by atoms with Gasteiger partial charge in [0.05, 0.1) is 6.04 Å². The molecule has 1 fully saturated rings. The minimum atomic E-state index is -0.342. The minimum Gasteiger partial charge on any atom is -0.351 e. The number of amides is 1. The monoisotopic (exact) mass is 227 g/mol. The number of carbonyl (C=O) groups excluding carboxylic acids is 1. The predicted molar refractivity (Wildman–Crippen MR) is 66.2 cm³/mol. The van der Waals surface area contributed by atoms with Gasteiger partial charge < -0.3 is 16.0 Å². The van der Waals surface area contributed by atoms with Crippen LogP contribution in [-0.4, -0.2) is 42.5 Å². The van der Waals surface area contributed by atoms with Gasteiger partial charge in [0, 0.05) is 12.6 Å². The molecule has 1 amide bonds. The van der Waals surface area contributed by atoms with Crippen molar-refractivity contribution in [1.29, 1.82) is 0 Å². The Morgan fingerprint density at radius 2 is 2.06 bits per heavy atom. The first-order valence-corrected chi connectivity index (χ1v) is 6.41. The fraction of sp³-hybridized carbons (Fsp3) is 0.917. The van der Waals surface area contributed by atoms with Crippen LogP contribution in [0.25, 0.3) is 0 Å². The Labute approximate surface area is 98.6 Å². The fourth-order valence-electron chi connectivity index (χ4n) is 2.19. The second-order valence-electron chi connectivity index (χ2n) is 4.81. The lowest BCUT2D eigenvalue weighted by atomic mass is 10.1. The molecule has 2 atom stereocenters. The Morgan fingerprint density at radius 1 is 1.44 bits per heavy atom. The summed E-state index contributed by atoms with van der Waals surface area (Å²) in [5.74, 6) is -0.00598. The quantitative estimate of drug-likeness (QED) is 0.703. The number of hydrogen-bond acceptors (Lipinski definition) is 3. The zero-order chi connectivity index (χ0) is 12.0. The van der Waals surface area contributed by atoms with Crippen molar-refractivity contribution in [2.75, 3.05) is 19.6 Å². The molecule has 0 aromatic carbocycles. The molecule has 0 aromatic heterocycles. The molecule has 1 heterocycles. The van der Waals surface area contributed by atoms with Gasteiger partial charge in [-0.05, 0) is 39.3 Å². The highest BCUT2D eigenvalue weighted by Crippen LogP contribution is 2.07. The van der Waals surface area contributed by atoms with Crippen molar-refractivity contribution in [2.24, 2.45) is 5.73 Å². The van der Waals surface area contributed by atoms with Crippen molar-refractivity contribution in [3.63, 3.8) is 0 Å². The third-order valence-corrected chi connectivity index (χ3v) is 3.06. The van der Waals surface area contributed by atoms with E-state index >= 15 is 0 Å². The van der Waals surface area contributed by atoms with Gasteiger partial charge in [0.2, 0.25) is 5.91 Å². The van der Waals surface area contributed by atoms with E-state index in [-0.39, 0.29) is 18.0 Å². The summed E-state index contributed by atoms with van der Waals surface area (Å²) in [5.41, 5.74) is 5.76. The molecule has 0 spiro atoms. The highest BCUT2D eigenvalue weighted by Gasteiger charge is 2.18. The molecule has 0 aromatic rings. The van der Waals surface area contributed by atoms with E-state index in [1.54, 1.807) is 0 Å². The number of nitrogens with one attached hydrogen (secondary N) is 1.